The molecule has 0 rings (SSSR count). The van der Waals surface area contributed by atoms with Crippen LogP contribution >= 0.6 is 0 Å². The van der Waals surface area contributed by atoms with E-state index in [2.05, 4.69) is 5.32 Å². The van der Waals surface area contributed by atoms with Gasteiger partial charge in [0, 0.05) is 19.6 Å². The molecule has 0 aliphatic rings. The lowest BCUT2D eigenvalue weighted by molar-refractivity contribution is 0.0907. The van der Waals surface area contributed by atoms with Gasteiger partial charge in [-0.05, 0) is 13.8 Å². The summed E-state index contributed by atoms with van der Waals surface area (Å²) in [5, 5.41) is 11.0. The van der Waals surface area contributed by atoms with Gasteiger partial charge in [-0.2, -0.15) is 0 Å². The van der Waals surface area contributed by atoms with Gasteiger partial charge < -0.3 is 15.2 Å². The molecule has 0 bridgehead atoms. The fourth-order valence-electron chi connectivity index (χ4n) is 0.609. The number of aliphatic hydroxyl groups excluding tert-OH is 1. The Bertz CT molecular complexity index is 116. The zero-order valence-electron chi connectivity index (χ0n) is 6.96. The third-order valence-corrected chi connectivity index (χ3v) is 1.16. The summed E-state index contributed by atoms with van der Waals surface area (Å²) >= 11 is 0. The lowest BCUT2D eigenvalue weighted by Gasteiger charge is -2.11. The van der Waals surface area contributed by atoms with Gasteiger partial charge in [-0.1, -0.05) is 0 Å². The monoisotopic (exact) mass is 161 g/mol. The Kier molecular flexibility index (Phi) is 5.56. The molecule has 0 radical (unpaired) electrons. The fraction of sp³-hybridized carbons (Fsp3) is 0.857. The third-order valence-electron chi connectivity index (χ3n) is 1.16. The van der Waals surface area contributed by atoms with Gasteiger partial charge in [-0.25, -0.2) is 4.79 Å². The molecule has 4 heteroatoms. The topological polar surface area (TPSA) is 58.6 Å². The van der Waals surface area contributed by atoms with Gasteiger partial charge in [-0.15, -0.1) is 0 Å². The molecule has 1 amide bonds. The van der Waals surface area contributed by atoms with Crippen LogP contribution in [0.15, 0.2) is 0 Å². The molecule has 0 aliphatic carbocycles. The second-order valence-corrected chi connectivity index (χ2v) is 2.26. The number of aliphatic hydroxyl groups is 1. The van der Waals surface area contributed by atoms with Crippen LogP contribution in [0.5, 0.6) is 0 Å². The molecule has 0 aromatic carbocycles. The highest BCUT2D eigenvalue weighted by Crippen LogP contribution is 1.95. The summed E-state index contributed by atoms with van der Waals surface area (Å²) in [7, 11) is 0. The van der Waals surface area contributed by atoms with E-state index >= 15 is 0 Å². The van der Waals surface area contributed by atoms with Crippen LogP contribution in [0.1, 0.15) is 20.3 Å². The minimum Gasteiger partial charge on any atom is -0.446 e. The maximum Gasteiger partial charge on any atom is 0.407 e. The molecule has 4 nitrogen and oxygen atoms in total. The number of hydrogen-bond donors (Lipinski definition) is 2. The highest BCUT2D eigenvalue weighted by molar-refractivity contribution is 5.67. The van der Waals surface area contributed by atoms with Crippen LogP contribution in [0, 0.1) is 0 Å². The minimum absolute atomic E-state index is 0.0422. The van der Waals surface area contributed by atoms with E-state index in [-0.39, 0.29) is 12.7 Å². The Hall–Kier alpha value is -0.770. The summed E-state index contributed by atoms with van der Waals surface area (Å²) in [6.45, 7) is 4.16. The third kappa shape index (κ3) is 5.66. The summed E-state index contributed by atoms with van der Waals surface area (Å²) < 4.78 is 4.82. The molecule has 0 fully saturated rings. The molecular weight excluding hydrogens is 146 g/mol. The van der Waals surface area contributed by atoms with Gasteiger partial charge in [0.25, 0.3) is 0 Å². The maximum atomic E-state index is 10.7. The van der Waals surface area contributed by atoms with E-state index in [4.69, 9.17) is 9.84 Å². The Balaban J connectivity index is 3.40. The molecule has 0 saturated carbocycles. The summed E-state index contributed by atoms with van der Waals surface area (Å²) in [5.41, 5.74) is 0. The van der Waals surface area contributed by atoms with E-state index < -0.39 is 6.09 Å². The van der Waals surface area contributed by atoms with Crippen LogP contribution in [-0.4, -0.2) is 30.5 Å². The first-order valence-corrected chi connectivity index (χ1v) is 3.76. The first-order valence-electron chi connectivity index (χ1n) is 3.76. The Morgan fingerprint density at radius 2 is 2.36 bits per heavy atom. The Labute approximate surface area is 66.5 Å². The van der Waals surface area contributed by atoms with Gasteiger partial charge >= 0.3 is 6.09 Å². The average molecular weight is 161 g/mol. The summed E-state index contributed by atoms with van der Waals surface area (Å²) in [6.07, 6.45) is -0.156. The van der Waals surface area contributed by atoms with Crippen molar-refractivity contribution in [1.29, 1.82) is 0 Å². The van der Waals surface area contributed by atoms with Crippen LogP contribution < -0.4 is 5.32 Å². The molecule has 0 aromatic heterocycles. The number of amides is 1. The molecule has 0 aromatic rings. The number of alkyl carbamates (subject to hydrolysis) is 1. The van der Waals surface area contributed by atoms with Crippen LogP contribution in [0.2, 0.25) is 0 Å². The summed E-state index contributed by atoms with van der Waals surface area (Å²) in [4.78, 5) is 10.7. The number of ether oxygens (including phenoxy) is 1. The lowest BCUT2D eigenvalue weighted by atomic mass is 10.3. The van der Waals surface area contributed by atoms with E-state index in [0.717, 1.165) is 0 Å². The Morgan fingerprint density at radius 3 is 2.82 bits per heavy atom. The number of hydrogen-bond acceptors (Lipinski definition) is 3. The summed E-state index contributed by atoms with van der Waals surface area (Å²) in [5.74, 6) is 0. The molecular formula is C7H15NO3. The second-order valence-electron chi connectivity index (χ2n) is 2.26. The number of carbonyl (C=O) groups is 1. The van der Waals surface area contributed by atoms with Crippen molar-refractivity contribution < 1.29 is 14.6 Å². The zero-order chi connectivity index (χ0) is 8.69. The molecule has 0 aliphatic heterocycles. The first kappa shape index (κ1) is 10.2. The van der Waals surface area contributed by atoms with Crippen molar-refractivity contribution >= 4 is 6.09 Å². The second kappa shape index (κ2) is 5.97. The van der Waals surface area contributed by atoms with Crippen molar-refractivity contribution in [1.82, 2.24) is 5.32 Å². The largest absolute Gasteiger partial charge is 0.446 e. The predicted octanol–water partition coefficient (Wildman–Crippen LogP) is 0.503. The van der Waals surface area contributed by atoms with Crippen LogP contribution in [0.4, 0.5) is 4.79 Å². The molecule has 11 heavy (non-hydrogen) atoms. The van der Waals surface area contributed by atoms with E-state index in [1.54, 1.807) is 6.92 Å². The minimum atomic E-state index is -0.423. The van der Waals surface area contributed by atoms with Gasteiger partial charge in [0.1, 0.15) is 6.10 Å². The van der Waals surface area contributed by atoms with Crippen molar-refractivity contribution in [2.24, 2.45) is 0 Å². The number of rotatable bonds is 4. The molecule has 0 saturated heterocycles. The van der Waals surface area contributed by atoms with Crippen LogP contribution in [0.25, 0.3) is 0 Å². The van der Waals surface area contributed by atoms with Gasteiger partial charge in [0.05, 0.1) is 0 Å². The molecule has 66 valence electrons. The van der Waals surface area contributed by atoms with Crippen molar-refractivity contribution in [3.8, 4) is 0 Å². The lowest BCUT2D eigenvalue weighted by Crippen LogP contribution is -2.27. The van der Waals surface area contributed by atoms with Crippen molar-refractivity contribution in [3.63, 3.8) is 0 Å². The maximum absolute atomic E-state index is 10.7. The molecule has 0 heterocycles. The van der Waals surface area contributed by atoms with Gasteiger partial charge in [0.2, 0.25) is 0 Å². The molecule has 1 atom stereocenters. The quantitative estimate of drug-likeness (QED) is 0.631. The smallest absolute Gasteiger partial charge is 0.407 e. The van der Waals surface area contributed by atoms with E-state index in [9.17, 15) is 4.79 Å². The molecule has 0 spiro atoms. The first-order chi connectivity index (χ1) is 5.20. The zero-order valence-corrected chi connectivity index (χ0v) is 6.96. The average Bonchev–Trinajstić information content (AvgIpc) is 1.87. The van der Waals surface area contributed by atoms with Crippen molar-refractivity contribution in [3.05, 3.63) is 0 Å². The van der Waals surface area contributed by atoms with Gasteiger partial charge in [-0.3, -0.25) is 0 Å². The predicted molar refractivity (Wildman–Crippen MR) is 41.3 cm³/mol. The highest BCUT2D eigenvalue weighted by atomic mass is 16.6. The van der Waals surface area contributed by atoms with Gasteiger partial charge in [0.15, 0.2) is 0 Å². The number of carbonyl (C=O) groups excluding carboxylic acids is 1. The van der Waals surface area contributed by atoms with Crippen molar-refractivity contribution in [2.75, 3.05) is 13.2 Å². The molecule has 1 unspecified atom stereocenters. The normalized spacial score (nSPS) is 12.3. The fourth-order valence-corrected chi connectivity index (χ4v) is 0.609. The highest BCUT2D eigenvalue weighted by Gasteiger charge is 2.06. The SMILES string of the molecule is CCNC(=O)OC(C)CCO. The Morgan fingerprint density at radius 1 is 1.73 bits per heavy atom. The number of nitrogens with one attached hydrogen (secondary N) is 1. The van der Waals surface area contributed by atoms with E-state index in [1.165, 1.54) is 0 Å². The van der Waals surface area contributed by atoms with E-state index in [0.29, 0.717) is 13.0 Å². The van der Waals surface area contributed by atoms with Crippen LogP contribution in [-0.2, 0) is 4.74 Å². The van der Waals surface area contributed by atoms with Crippen LogP contribution in [0.3, 0.4) is 0 Å². The van der Waals surface area contributed by atoms with E-state index in [1.807, 2.05) is 6.92 Å². The van der Waals surface area contributed by atoms with Crippen molar-refractivity contribution in [2.45, 2.75) is 26.4 Å². The molecule has 2 N–H and O–H groups in total. The summed E-state index contributed by atoms with van der Waals surface area (Å²) in [6, 6.07) is 0. The standard InChI is InChI=1S/C7H15NO3/c1-3-8-7(10)11-6(2)4-5-9/h6,9H,3-5H2,1-2H3,(H,8,10).